The summed E-state index contributed by atoms with van der Waals surface area (Å²) in [7, 11) is -4.68. The molecule has 1 aromatic carbocycles. The van der Waals surface area contributed by atoms with Crippen LogP contribution in [0.1, 0.15) is 4.11 Å². The van der Waals surface area contributed by atoms with Gasteiger partial charge in [0.25, 0.3) is 0 Å². The Bertz CT molecular complexity index is 356. The van der Waals surface area contributed by atoms with Crippen molar-refractivity contribution in [2.45, 2.75) is 0 Å². The van der Waals surface area contributed by atoms with Crippen molar-refractivity contribution in [1.82, 2.24) is 0 Å². The lowest BCUT2D eigenvalue weighted by atomic mass is 9.79. The van der Waals surface area contributed by atoms with Gasteiger partial charge in [0.05, 0.1) is 11.2 Å². The standard InChI is InChI=1S/C7H8BFO3/c1-12-7-4-5(9)2-3-6(7)8(10)11/h2-4,10-11H,1H3/i1D3. The molecule has 0 amide bonds. The normalized spacial score (nSPS) is 14.4. The molecule has 0 unspecified atom stereocenters. The monoisotopic (exact) mass is 173 g/mol. The van der Waals surface area contributed by atoms with E-state index in [9.17, 15) is 4.39 Å². The summed E-state index contributed by atoms with van der Waals surface area (Å²) < 4.78 is 37.6. The molecule has 2 N–H and O–H groups in total. The zero-order chi connectivity index (χ0) is 11.6. The summed E-state index contributed by atoms with van der Waals surface area (Å²) >= 11 is 0. The van der Waals surface area contributed by atoms with Crippen LogP contribution >= 0.6 is 0 Å². The summed E-state index contributed by atoms with van der Waals surface area (Å²) in [6.07, 6.45) is 0. The Morgan fingerprint density at radius 2 is 2.33 bits per heavy atom. The Balaban J connectivity index is 3.08. The molecule has 0 saturated carbocycles. The summed E-state index contributed by atoms with van der Waals surface area (Å²) in [5.74, 6) is -1.14. The van der Waals surface area contributed by atoms with E-state index in [-0.39, 0.29) is 5.46 Å². The third-order valence-electron chi connectivity index (χ3n) is 1.36. The molecular formula is C7H8BFO3. The molecule has 3 nitrogen and oxygen atoms in total. The predicted molar refractivity (Wildman–Crippen MR) is 42.8 cm³/mol. The van der Waals surface area contributed by atoms with E-state index in [0.717, 1.165) is 18.2 Å². The minimum Gasteiger partial charge on any atom is -0.497 e. The van der Waals surface area contributed by atoms with Crippen LogP contribution < -0.4 is 10.2 Å². The van der Waals surface area contributed by atoms with Crippen LogP contribution in [0.3, 0.4) is 0 Å². The Kier molecular flexibility index (Phi) is 1.65. The highest BCUT2D eigenvalue weighted by molar-refractivity contribution is 6.59. The van der Waals surface area contributed by atoms with Gasteiger partial charge in [0.2, 0.25) is 0 Å². The highest BCUT2D eigenvalue weighted by Crippen LogP contribution is 2.09. The number of methoxy groups -OCH3 is 1. The first-order valence-electron chi connectivity index (χ1n) is 4.64. The molecule has 0 aliphatic carbocycles. The van der Waals surface area contributed by atoms with E-state index < -0.39 is 25.7 Å². The van der Waals surface area contributed by atoms with Gasteiger partial charge in [0, 0.05) is 11.5 Å². The maximum atomic E-state index is 12.8. The molecule has 0 heterocycles. The third-order valence-corrected chi connectivity index (χ3v) is 1.36. The fourth-order valence-electron chi connectivity index (χ4n) is 0.810. The second-order valence-corrected chi connectivity index (χ2v) is 2.16. The van der Waals surface area contributed by atoms with E-state index in [4.69, 9.17) is 14.2 Å². The van der Waals surface area contributed by atoms with Gasteiger partial charge < -0.3 is 14.8 Å². The molecule has 1 aromatic rings. The molecule has 5 heteroatoms. The maximum absolute atomic E-state index is 12.8. The molecule has 1 rings (SSSR count). The van der Waals surface area contributed by atoms with Gasteiger partial charge in [-0.1, -0.05) is 6.07 Å². The molecule has 0 aliphatic heterocycles. The summed E-state index contributed by atoms with van der Waals surface area (Å²) in [6, 6.07) is 2.80. The van der Waals surface area contributed by atoms with Gasteiger partial charge in [0.1, 0.15) is 11.6 Å². The van der Waals surface area contributed by atoms with Crippen molar-refractivity contribution >= 4 is 12.6 Å². The van der Waals surface area contributed by atoms with Crippen LogP contribution in [0.25, 0.3) is 0 Å². The lowest BCUT2D eigenvalue weighted by Crippen LogP contribution is -2.31. The highest BCUT2D eigenvalue weighted by Gasteiger charge is 2.16. The van der Waals surface area contributed by atoms with Crippen LogP contribution in [0, 0.1) is 5.82 Å². The van der Waals surface area contributed by atoms with Gasteiger partial charge in [-0.15, -0.1) is 0 Å². The van der Waals surface area contributed by atoms with Crippen molar-refractivity contribution in [3.05, 3.63) is 24.0 Å². The SMILES string of the molecule is [2H]C([2H])([2H])Oc1cc(F)ccc1B(O)O. The lowest BCUT2D eigenvalue weighted by Gasteiger charge is -2.06. The Morgan fingerprint density at radius 3 is 2.92 bits per heavy atom. The van der Waals surface area contributed by atoms with E-state index in [1.54, 1.807) is 0 Å². The Hall–Kier alpha value is -1.07. The van der Waals surface area contributed by atoms with Gasteiger partial charge in [0.15, 0.2) is 0 Å². The summed E-state index contributed by atoms with van der Waals surface area (Å²) in [5, 5.41) is 17.7. The molecule has 0 spiro atoms. The van der Waals surface area contributed by atoms with Crippen molar-refractivity contribution in [3.8, 4) is 5.75 Å². The molecule has 0 saturated heterocycles. The first kappa shape index (κ1) is 5.56. The van der Waals surface area contributed by atoms with Crippen LogP contribution in [0.5, 0.6) is 5.75 Å². The third kappa shape index (κ3) is 1.75. The van der Waals surface area contributed by atoms with E-state index >= 15 is 0 Å². The van der Waals surface area contributed by atoms with Gasteiger partial charge >= 0.3 is 7.12 Å². The van der Waals surface area contributed by atoms with Crippen LogP contribution in [-0.4, -0.2) is 24.2 Å². The summed E-state index contributed by atoms with van der Waals surface area (Å²) in [4.78, 5) is 0. The maximum Gasteiger partial charge on any atom is 0.492 e. The largest absolute Gasteiger partial charge is 0.497 e. The zero-order valence-corrected chi connectivity index (χ0v) is 5.99. The van der Waals surface area contributed by atoms with E-state index in [0.29, 0.717) is 0 Å². The zero-order valence-electron chi connectivity index (χ0n) is 8.99. The molecule has 12 heavy (non-hydrogen) atoms. The topological polar surface area (TPSA) is 49.7 Å². The minimum atomic E-state index is -2.77. The smallest absolute Gasteiger partial charge is 0.492 e. The van der Waals surface area contributed by atoms with Crippen molar-refractivity contribution in [2.75, 3.05) is 7.04 Å². The number of halogens is 1. The number of hydrogen-bond donors (Lipinski definition) is 2. The van der Waals surface area contributed by atoms with Crippen LogP contribution in [0.4, 0.5) is 4.39 Å². The van der Waals surface area contributed by atoms with E-state index in [1.807, 2.05) is 0 Å². The van der Waals surface area contributed by atoms with Crippen LogP contribution in [0.15, 0.2) is 18.2 Å². The molecule has 0 atom stereocenters. The van der Waals surface area contributed by atoms with Crippen molar-refractivity contribution in [3.63, 3.8) is 0 Å². The van der Waals surface area contributed by atoms with Gasteiger partial charge in [-0.05, 0) is 6.07 Å². The average molecular weight is 173 g/mol. The Labute approximate surface area is 73.8 Å². The van der Waals surface area contributed by atoms with E-state index in [2.05, 4.69) is 4.74 Å². The van der Waals surface area contributed by atoms with Gasteiger partial charge in [-0.25, -0.2) is 4.39 Å². The lowest BCUT2D eigenvalue weighted by molar-refractivity contribution is 0.401. The average Bonchev–Trinajstić information content (AvgIpc) is 1.99. The minimum absolute atomic E-state index is 0.201. The van der Waals surface area contributed by atoms with Crippen molar-refractivity contribution in [1.29, 1.82) is 0 Å². The number of rotatable bonds is 2. The van der Waals surface area contributed by atoms with Crippen molar-refractivity contribution in [2.24, 2.45) is 0 Å². The quantitative estimate of drug-likeness (QED) is 0.593. The fraction of sp³-hybridized carbons (Fsp3) is 0.143. The van der Waals surface area contributed by atoms with Crippen LogP contribution in [0.2, 0.25) is 0 Å². The molecular weight excluding hydrogens is 162 g/mol. The molecule has 0 aliphatic rings. The second-order valence-electron chi connectivity index (χ2n) is 2.16. The van der Waals surface area contributed by atoms with Crippen LogP contribution in [-0.2, 0) is 0 Å². The molecule has 0 bridgehead atoms. The first-order valence-corrected chi connectivity index (χ1v) is 3.14. The van der Waals surface area contributed by atoms with Gasteiger partial charge in [-0.3, -0.25) is 0 Å². The Morgan fingerprint density at radius 1 is 1.58 bits per heavy atom. The molecule has 64 valence electrons. The molecule has 0 aromatic heterocycles. The van der Waals surface area contributed by atoms with E-state index in [1.165, 1.54) is 0 Å². The highest BCUT2D eigenvalue weighted by atomic mass is 19.1. The number of hydrogen-bond acceptors (Lipinski definition) is 3. The van der Waals surface area contributed by atoms with Gasteiger partial charge in [-0.2, -0.15) is 0 Å². The summed E-state index contributed by atoms with van der Waals surface area (Å²) in [6.45, 7) is 0. The first-order chi connectivity index (χ1) is 6.79. The number of ether oxygens (including phenoxy) is 1. The molecule has 0 radical (unpaired) electrons. The fourth-order valence-corrected chi connectivity index (χ4v) is 0.810. The second kappa shape index (κ2) is 3.56. The number of benzene rings is 1. The summed E-state index contributed by atoms with van der Waals surface area (Å²) in [5.41, 5.74) is -0.201. The molecule has 0 fully saturated rings. The predicted octanol–water partition coefficient (Wildman–Crippen LogP) is -0.486. The van der Waals surface area contributed by atoms with Crippen molar-refractivity contribution < 1.29 is 23.3 Å².